The average molecular weight is 185 g/mol. The Kier molecular flexibility index (Phi) is 3.09. The molecule has 0 radical (unpaired) electrons. The second-order valence-electron chi connectivity index (χ2n) is 3.01. The van der Waals surface area contributed by atoms with Crippen LogP contribution in [-0.2, 0) is 9.53 Å². The number of amides is 1. The first-order valence-electron chi connectivity index (χ1n) is 3.88. The maximum absolute atomic E-state index is 11.0. The minimum absolute atomic E-state index is 0.230. The third-order valence-electron chi connectivity index (χ3n) is 2.34. The van der Waals surface area contributed by atoms with Crippen LogP contribution >= 0.6 is 12.2 Å². The Bertz CT molecular complexity index is 224. The van der Waals surface area contributed by atoms with Crippen LogP contribution in [0.1, 0.15) is 25.7 Å². The minimum Gasteiger partial charge on any atom is -0.378 e. The lowest BCUT2D eigenvalue weighted by molar-refractivity contribution is -0.130. The van der Waals surface area contributed by atoms with Gasteiger partial charge in [0.15, 0.2) is 0 Å². The van der Waals surface area contributed by atoms with E-state index in [0.717, 1.165) is 19.3 Å². The quantitative estimate of drug-likeness (QED) is 0.495. The molecule has 1 amide bonds. The van der Waals surface area contributed by atoms with Gasteiger partial charge in [0.1, 0.15) is 0 Å². The summed E-state index contributed by atoms with van der Waals surface area (Å²) in [4.78, 5) is 14.4. The summed E-state index contributed by atoms with van der Waals surface area (Å²) in [6.45, 7) is 0. The van der Waals surface area contributed by atoms with Crippen molar-refractivity contribution in [3.63, 3.8) is 0 Å². The number of carbonyl (C=O) groups is 1. The van der Waals surface area contributed by atoms with Crippen LogP contribution < -0.4 is 0 Å². The number of hydrogen-bond acceptors (Lipinski definition) is 3. The molecule has 0 unspecified atom stereocenters. The number of nitrogens with zero attached hydrogens (tertiary/aromatic N) is 1. The van der Waals surface area contributed by atoms with Crippen molar-refractivity contribution in [2.75, 3.05) is 7.11 Å². The zero-order valence-corrected chi connectivity index (χ0v) is 7.82. The van der Waals surface area contributed by atoms with Crippen LogP contribution in [-0.4, -0.2) is 23.8 Å². The number of ether oxygens (including phenoxy) is 1. The van der Waals surface area contributed by atoms with Gasteiger partial charge >= 0.3 is 0 Å². The van der Waals surface area contributed by atoms with Crippen molar-refractivity contribution in [1.82, 2.24) is 0 Å². The van der Waals surface area contributed by atoms with E-state index in [9.17, 15) is 4.79 Å². The Morgan fingerprint density at radius 3 is 2.75 bits per heavy atom. The summed E-state index contributed by atoms with van der Waals surface area (Å²) in [6.07, 6.45) is 3.36. The molecule has 0 atom stereocenters. The Morgan fingerprint density at radius 1 is 1.75 bits per heavy atom. The van der Waals surface area contributed by atoms with Crippen LogP contribution in [0.15, 0.2) is 4.99 Å². The molecule has 1 rings (SSSR count). The highest BCUT2D eigenvalue weighted by Gasteiger charge is 2.38. The van der Waals surface area contributed by atoms with Gasteiger partial charge in [-0.05, 0) is 31.5 Å². The number of isothiocyanates is 1. The fraction of sp³-hybridized carbons (Fsp3) is 0.750. The van der Waals surface area contributed by atoms with Crippen LogP contribution in [0.2, 0.25) is 0 Å². The van der Waals surface area contributed by atoms with Crippen molar-refractivity contribution in [2.24, 2.45) is 4.99 Å². The number of methoxy groups -OCH3 is 1. The monoisotopic (exact) mass is 185 g/mol. The summed E-state index contributed by atoms with van der Waals surface area (Å²) in [6, 6.07) is 0. The first-order valence-corrected chi connectivity index (χ1v) is 4.29. The Labute approximate surface area is 76.8 Å². The van der Waals surface area contributed by atoms with Gasteiger partial charge in [-0.15, -0.1) is 0 Å². The van der Waals surface area contributed by atoms with Crippen molar-refractivity contribution >= 4 is 23.3 Å². The van der Waals surface area contributed by atoms with Crippen molar-refractivity contribution in [2.45, 2.75) is 31.3 Å². The Morgan fingerprint density at radius 2 is 2.42 bits per heavy atom. The Hall–Kier alpha value is -0.570. The van der Waals surface area contributed by atoms with Gasteiger partial charge in [-0.3, -0.25) is 4.79 Å². The maximum Gasteiger partial charge on any atom is 0.257 e. The highest BCUT2D eigenvalue weighted by Crippen LogP contribution is 2.38. The highest BCUT2D eigenvalue weighted by atomic mass is 32.1. The molecule has 0 saturated heterocycles. The average Bonchev–Trinajstić information content (AvgIpc) is 1.97. The molecule has 0 aromatic heterocycles. The predicted molar refractivity (Wildman–Crippen MR) is 48.2 cm³/mol. The zero-order chi connectivity index (χ0) is 9.03. The SMILES string of the molecule is COC1(CC(=O)N=C=S)CCC1. The van der Waals surface area contributed by atoms with Crippen molar-refractivity contribution in [1.29, 1.82) is 0 Å². The maximum atomic E-state index is 11.0. The smallest absolute Gasteiger partial charge is 0.257 e. The minimum atomic E-state index is -0.243. The van der Waals surface area contributed by atoms with Gasteiger partial charge in [0.2, 0.25) is 0 Å². The third kappa shape index (κ3) is 1.97. The van der Waals surface area contributed by atoms with Crippen molar-refractivity contribution in [3.8, 4) is 0 Å². The van der Waals surface area contributed by atoms with Gasteiger partial charge in [0, 0.05) is 7.11 Å². The molecule has 1 saturated carbocycles. The fourth-order valence-electron chi connectivity index (χ4n) is 1.39. The van der Waals surface area contributed by atoms with E-state index in [0.29, 0.717) is 6.42 Å². The van der Waals surface area contributed by atoms with E-state index in [1.165, 1.54) is 0 Å². The molecule has 0 N–H and O–H groups in total. The molecule has 66 valence electrons. The molecule has 0 aromatic rings. The predicted octanol–water partition coefficient (Wildman–Crippen LogP) is 1.57. The van der Waals surface area contributed by atoms with E-state index in [-0.39, 0.29) is 11.5 Å². The topological polar surface area (TPSA) is 38.7 Å². The van der Waals surface area contributed by atoms with Gasteiger partial charge in [0.25, 0.3) is 5.91 Å². The molecule has 0 bridgehead atoms. The zero-order valence-electron chi connectivity index (χ0n) is 7.00. The van der Waals surface area contributed by atoms with Gasteiger partial charge in [-0.2, -0.15) is 4.99 Å². The van der Waals surface area contributed by atoms with E-state index >= 15 is 0 Å². The summed E-state index contributed by atoms with van der Waals surface area (Å²) in [5, 5.41) is 2.07. The van der Waals surface area contributed by atoms with Gasteiger partial charge in [0.05, 0.1) is 17.2 Å². The molecule has 0 heterocycles. The summed E-state index contributed by atoms with van der Waals surface area (Å²) >= 11 is 4.33. The van der Waals surface area contributed by atoms with E-state index in [1.807, 2.05) is 0 Å². The number of thiocarbonyl (C=S) groups is 1. The lowest BCUT2D eigenvalue weighted by Crippen LogP contribution is -2.40. The van der Waals surface area contributed by atoms with Crippen LogP contribution in [0.25, 0.3) is 0 Å². The van der Waals surface area contributed by atoms with Crippen molar-refractivity contribution in [3.05, 3.63) is 0 Å². The molecule has 12 heavy (non-hydrogen) atoms. The van der Waals surface area contributed by atoms with Gasteiger partial charge < -0.3 is 4.74 Å². The standard InChI is InChI=1S/C8H11NO2S/c1-11-8(3-2-4-8)5-7(10)9-6-12/h2-5H2,1H3. The van der Waals surface area contributed by atoms with E-state index in [4.69, 9.17) is 4.74 Å². The lowest BCUT2D eigenvalue weighted by atomic mass is 9.77. The molecule has 0 spiro atoms. The van der Waals surface area contributed by atoms with E-state index in [2.05, 4.69) is 22.4 Å². The largest absolute Gasteiger partial charge is 0.378 e. The Balaban J connectivity index is 2.48. The number of hydrogen-bond donors (Lipinski definition) is 0. The first kappa shape index (κ1) is 9.52. The van der Waals surface area contributed by atoms with Gasteiger partial charge in [-0.1, -0.05) is 0 Å². The van der Waals surface area contributed by atoms with E-state index in [1.54, 1.807) is 7.11 Å². The van der Waals surface area contributed by atoms with Crippen molar-refractivity contribution < 1.29 is 9.53 Å². The molecule has 1 aliphatic rings. The molecular formula is C8H11NO2S. The number of rotatable bonds is 3. The van der Waals surface area contributed by atoms with E-state index < -0.39 is 0 Å². The van der Waals surface area contributed by atoms with Crippen LogP contribution in [0.3, 0.4) is 0 Å². The summed E-state index contributed by atoms with van der Waals surface area (Å²) in [7, 11) is 1.63. The molecule has 1 aliphatic carbocycles. The molecular weight excluding hydrogens is 174 g/mol. The second-order valence-corrected chi connectivity index (χ2v) is 3.20. The molecule has 1 fully saturated rings. The third-order valence-corrected chi connectivity index (χ3v) is 2.43. The van der Waals surface area contributed by atoms with Gasteiger partial charge in [-0.25, -0.2) is 0 Å². The second kappa shape index (κ2) is 3.90. The van der Waals surface area contributed by atoms with Crippen LogP contribution in [0.5, 0.6) is 0 Å². The number of carbonyl (C=O) groups excluding carboxylic acids is 1. The molecule has 0 aliphatic heterocycles. The summed E-state index contributed by atoms with van der Waals surface area (Å²) in [5.74, 6) is -0.230. The molecule has 0 aromatic carbocycles. The van der Waals surface area contributed by atoms with Crippen LogP contribution in [0, 0.1) is 0 Å². The van der Waals surface area contributed by atoms with Crippen LogP contribution in [0.4, 0.5) is 0 Å². The normalized spacial score (nSPS) is 19.1. The summed E-state index contributed by atoms with van der Waals surface area (Å²) in [5.41, 5.74) is -0.243. The molecule has 3 nitrogen and oxygen atoms in total. The summed E-state index contributed by atoms with van der Waals surface area (Å²) < 4.78 is 5.25. The lowest BCUT2D eigenvalue weighted by Gasteiger charge is -2.39. The fourth-order valence-corrected chi connectivity index (χ4v) is 1.49. The molecule has 4 heteroatoms. The number of aliphatic imine (C=N–C) groups is 1. The first-order chi connectivity index (χ1) is 5.72. The highest BCUT2D eigenvalue weighted by molar-refractivity contribution is 7.78.